The first-order valence-electron chi connectivity index (χ1n) is 9.25. The van der Waals surface area contributed by atoms with Crippen LogP contribution < -0.4 is 10.6 Å². The molecule has 4 heterocycles. The molecule has 0 aliphatic carbocycles. The molecule has 1 atom stereocenters. The normalized spacial score (nSPS) is 16.3. The molecule has 0 saturated carbocycles. The van der Waals surface area contributed by atoms with E-state index >= 15 is 0 Å². The van der Waals surface area contributed by atoms with Gasteiger partial charge < -0.3 is 10.6 Å². The number of aromatic nitrogens is 4. The number of aryl methyl sites for hydroxylation is 1. The van der Waals surface area contributed by atoms with Crippen molar-refractivity contribution in [3.8, 4) is 11.3 Å². The highest BCUT2D eigenvalue weighted by Gasteiger charge is 2.22. The number of nitrogens with zero attached hydrogens (tertiary/aromatic N) is 4. The number of carbonyl (C=O) groups excluding carboxylic acids is 1. The van der Waals surface area contributed by atoms with Gasteiger partial charge in [0.1, 0.15) is 11.6 Å². The van der Waals surface area contributed by atoms with E-state index in [0.717, 1.165) is 11.1 Å². The number of anilines is 2. The zero-order valence-electron chi connectivity index (χ0n) is 15.8. The van der Waals surface area contributed by atoms with E-state index in [0.29, 0.717) is 36.8 Å². The van der Waals surface area contributed by atoms with Crippen LogP contribution in [-0.2, 0) is 11.3 Å². The Morgan fingerprint density at radius 3 is 2.93 bits per heavy atom. The van der Waals surface area contributed by atoms with Crippen molar-refractivity contribution in [2.75, 3.05) is 11.9 Å². The molecule has 0 spiro atoms. The summed E-state index contributed by atoms with van der Waals surface area (Å²) >= 11 is 0. The molecule has 2 N–H and O–H groups in total. The minimum absolute atomic E-state index is 0.0722. The summed E-state index contributed by atoms with van der Waals surface area (Å²) in [5.41, 5.74) is 2.41. The molecule has 0 bridgehead atoms. The molecular weight excluding hydrogens is 378 g/mol. The van der Waals surface area contributed by atoms with Gasteiger partial charge in [-0.2, -0.15) is 5.10 Å². The summed E-state index contributed by atoms with van der Waals surface area (Å²) in [7, 11) is 0. The van der Waals surface area contributed by atoms with Gasteiger partial charge >= 0.3 is 0 Å². The summed E-state index contributed by atoms with van der Waals surface area (Å²) in [5.74, 6) is 1.12. The monoisotopic (exact) mass is 398 g/mol. The lowest BCUT2D eigenvalue weighted by molar-refractivity contribution is -0.119. The number of halogens is 2. The minimum Gasteiger partial charge on any atom is -0.356 e. The Kier molecular flexibility index (Phi) is 5.20. The molecule has 4 rings (SSSR count). The fourth-order valence-electron chi connectivity index (χ4n) is 3.32. The van der Waals surface area contributed by atoms with Crippen LogP contribution in [0.5, 0.6) is 0 Å². The number of hydrogen-bond acceptors (Lipinski definition) is 5. The number of rotatable bonds is 6. The topological polar surface area (TPSA) is 84.7 Å². The van der Waals surface area contributed by atoms with E-state index in [2.05, 4.69) is 25.7 Å². The number of amides is 1. The van der Waals surface area contributed by atoms with Crippen LogP contribution in [0.3, 0.4) is 0 Å². The van der Waals surface area contributed by atoms with Gasteiger partial charge in [0.25, 0.3) is 6.43 Å². The van der Waals surface area contributed by atoms with Crippen molar-refractivity contribution < 1.29 is 13.6 Å². The average molecular weight is 398 g/mol. The number of carbonyl (C=O) groups is 1. The number of hydrogen-bond donors (Lipinski definition) is 2. The standard InChI is InChI=1S/C20H20F2N6O/c1-12-4-16(15-9-25-28(11-15)10-13-6-19(29)24-8-13)26-18(5-12)27-17-7-14(20(21)22)2-3-23-17/h2-5,7,9,11,13,20H,6,8,10H2,1H3,(H,24,29)(H,23,26,27)/t13-/m1/s1. The van der Waals surface area contributed by atoms with E-state index in [1.807, 2.05) is 29.9 Å². The van der Waals surface area contributed by atoms with E-state index in [9.17, 15) is 13.6 Å². The van der Waals surface area contributed by atoms with Gasteiger partial charge in [0.05, 0.1) is 11.9 Å². The SMILES string of the molecule is Cc1cc(Nc2cc(C(F)F)ccn2)nc(-c2cnn(C[C@H]3CNC(=O)C3)c2)c1. The van der Waals surface area contributed by atoms with E-state index in [1.165, 1.54) is 18.3 Å². The van der Waals surface area contributed by atoms with Crippen LogP contribution in [-0.4, -0.2) is 32.2 Å². The minimum atomic E-state index is -2.56. The van der Waals surface area contributed by atoms with Crippen LogP contribution in [0.1, 0.15) is 24.0 Å². The molecule has 7 nitrogen and oxygen atoms in total. The van der Waals surface area contributed by atoms with Crippen molar-refractivity contribution in [2.24, 2.45) is 5.92 Å². The molecule has 1 amide bonds. The van der Waals surface area contributed by atoms with Crippen LogP contribution in [0.4, 0.5) is 20.4 Å². The Morgan fingerprint density at radius 2 is 2.17 bits per heavy atom. The summed E-state index contributed by atoms with van der Waals surface area (Å²) in [4.78, 5) is 20.0. The van der Waals surface area contributed by atoms with Crippen LogP contribution in [0.2, 0.25) is 0 Å². The third-order valence-electron chi connectivity index (χ3n) is 4.70. The Hall–Kier alpha value is -3.36. The van der Waals surface area contributed by atoms with Crippen molar-refractivity contribution >= 4 is 17.5 Å². The van der Waals surface area contributed by atoms with Gasteiger partial charge in [-0.05, 0) is 36.8 Å². The third kappa shape index (κ3) is 4.56. The number of pyridine rings is 2. The van der Waals surface area contributed by atoms with E-state index in [-0.39, 0.29) is 17.4 Å². The molecule has 1 aliphatic rings. The Balaban J connectivity index is 1.53. The van der Waals surface area contributed by atoms with Crippen LogP contribution in [0.25, 0.3) is 11.3 Å². The van der Waals surface area contributed by atoms with Crippen molar-refractivity contribution in [1.29, 1.82) is 0 Å². The second-order valence-corrected chi connectivity index (χ2v) is 7.14. The Morgan fingerprint density at radius 1 is 1.31 bits per heavy atom. The largest absolute Gasteiger partial charge is 0.356 e. The lowest BCUT2D eigenvalue weighted by Gasteiger charge is -2.09. The van der Waals surface area contributed by atoms with Gasteiger partial charge in [0, 0.05) is 48.9 Å². The van der Waals surface area contributed by atoms with Gasteiger partial charge in [-0.3, -0.25) is 9.48 Å². The fraction of sp³-hybridized carbons (Fsp3) is 0.300. The maximum atomic E-state index is 12.9. The van der Waals surface area contributed by atoms with Gasteiger partial charge in [0.2, 0.25) is 5.91 Å². The van der Waals surface area contributed by atoms with E-state index < -0.39 is 6.43 Å². The van der Waals surface area contributed by atoms with Crippen molar-refractivity contribution in [1.82, 2.24) is 25.1 Å². The quantitative estimate of drug-likeness (QED) is 0.664. The van der Waals surface area contributed by atoms with Gasteiger partial charge in [-0.25, -0.2) is 18.7 Å². The molecule has 150 valence electrons. The molecule has 1 fully saturated rings. The lowest BCUT2D eigenvalue weighted by Crippen LogP contribution is -2.16. The Bertz CT molecular complexity index is 1040. The summed E-state index contributed by atoms with van der Waals surface area (Å²) in [5, 5.41) is 10.2. The highest BCUT2D eigenvalue weighted by Crippen LogP contribution is 2.25. The molecular formula is C20H20F2N6O. The first-order valence-corrected chi connectivity index (χ1v) is 9.25. The van der Waals surface area contributed by atoms with Gasteiger partial charge in [-0.15, -0.1) is 0 Å². The Labute approximate surface area is 166 Å². The second-order valence-electron chi connectivity index (χ2n) is 7.14. The molecule has 1 saturated heterocycles. The smallest absolute Gasteiger partial charge is 0.264 e. The zero-order valence-corrected chi connectivity index (χ0v) is 15.8. The molecule has 0 radical (unpaired) electrons. The highest BCUT2D eigenvalue weighted by atomic mass is 19.3. The highest BCUT2D eigenvalue weighted by molar-refractivity contribution is 5.78. The fourth-order valence-corrected chi connectivity index (χ4v) is 3.32. The van der Waals surface area contributed by atoms with Crippen LogP contribution in [0, 0.1) is 12.8 Å². The molecule has 3 aromatic rings. The summed E-state index contributed by atoms with van der Waals surface area (Å²) in [6, 6.07) is 6.34. The number of nitrogens with one attached hydrogen (secondary N) is 2. The predicted molar refractivity (Wildman–Crippen MR) is 104 cm³/mol. The van der Waals surface area contributed by atoms with E-state index in [1.54, 1.807) is 6.20 Å². The lowest BCUT2D eigenvalue weighted by atomic mass is 10.1. The maximum Gasteiger partial charge on any atom is 0.264 e. The summed E-state index contributed by atoms with van der Waals surface area (Å²) in [6.07, 6.45) is 2.91. The van der Waals surface area contributed by atoms with Crippen LogP contribution >= 0.6 is 0 Å². The first kappa shape index (κ1) is 19.0. The summed E-state index contributed by atoms with van der Waals surface area (Å²) < 4.78 is 27.6. The third-order valence-corrected chi connectivity index (χ3v) is 4.70. The average Bonchev–Trinajstić information content (AvgIpc) is 3.31. The van der Waals surface area contributed by atoms with Gasteiger partial charge in [-0.1, -0.05) is 0 Å². The predicted octanol–water partition coefficient (Wildman–Crippen LogP) is 3.47. The maximum absolute atomic E-state index is 12.9. The molecule has 9 heteroatoms. The molecule has 3 aromatic heterocycles. The number of alkyl halides is 2. The first-order chi connectivity index (χ1) is 14.0. The van der Waals surface area contributed by atoms with Crippen molar-refractivity contribution in [2.45, 2.75) is 26.3 Å². The van der Waals surface area contributed by atoms with Crippen molar-refractivity contribution in [3.05, 3.63) is 54.0 Å². The molecule has 1 aliphatic heterocycles. The molecule has 29 heavy (non-hydrogen) atoms. The summed E-state index contributed by atoms with van der Waals surface area (Å²) in [6.45, 7) is 3.25. The zero-order chi connectivity index (χ0) is 20.4. The van der Waals surface area contributed by atoms with Gasteiger partial charge in [0.15, 0.2) is 0 Å². The second kappa shape index (κ2) is 7.94. The molecule has 0 aromatic carbocycles. The molecule has 0 unspecified atom stereocenters. The van der Waals surface area contributed by atoms with E-state index in [4.69, 9.17) is 0 Å². The van der Waals surface area contributed by atoms with Crippen LogP contribution in [0.15, 0.2) is 42.9 Å². The van der Waals surface area contributed by atoms with Crippen molar-refractivity contribution in [3.63, 3.8) is 0 Å².